The van der Waals surface area contributed by atoms with Crippen molar-refractivity contribution in [1.29, 1.82) is 0 Å². The van der Waals surface area contributed by atoms with E-state index in [0.29, 0.717) is 25.9 Å². The third-order valence-electron chi connectivity index (χ3n) is 3.38. The van der Waals surface area contributed by atoms with E-state index < -0.39 is 14.9 Å². The van der Waals surface area contributed by atoms with Crippen LogP contribution in [0.3, 0.4) is 0 Å². The summed E-state index contributed by atoms with van der Waals surface area (Å²) in [6, 6.07) is 4.81. The first-order chi connectivity index (χ1) is 9.45. The van der Waals surface area contributed by atoms with Crippen molar-refractivity contribution < 1.29 is 18.1 Å². The molecule has 0 aliphatic carbocycles. The molecule has 8 heteroatoms. The predicted molar refractivity (Wildman–Crippen MR) is 70.6 cm³/mol. The molecule has 0 bridgehead atoms. The van der Waals surface area contributed by atoms with Crippen LogP contribution in [0.4, 0.5) is 5.69 Å². The molecule has 0 saturated carbocycles. The number of nitro benzene ring substituents is 1. The third-order valence-corrected chi connectivity index (χ3v) is 5.29. The van der Waals surface area contributed by atoms with E-state index in [-0.39, 0.29) is 16.5 Å². The Balaban J connectivity index is 2.18. The average molecular weight is 298 g/mol. The van der Waals surface area contributed by atoms with E-state index in [1.807, 2.05) is 0 Å². The average Bonchev–Trinajstić information content (AvgIpc) is 2.47. The fourth-order valence-corrected chi connectivity index (χ4v) is 3.61. The number of sulfonamides is 1. The van der Waals surface area contributed by atoms with Crippen molar-refractivity contribution >= 4 is 22.0 Å². The summed E-state index contributed by atoms with van der Waals surface area (Å²) in [5.74, 6) is -0.0849. The number of benzene rings is 1. The van der Waals surface area contributed by atoms with Gasteiger partial charge in [0.25, 0.3) is 5.69 Å². The largest absolute Gasteiger partial charge is 0.303 e. The predicted octanol–water partition coefficient (Wildman–Crippen LogP) is 1.19. The molecule has 1 fully saturated rings. The topological polar surface area (TPSA) is 97.6 Å². The zero-order chi connectivity index (χ0) is 14.8. The second kappa shape index (κ2) is 5.68. The maximum atomic E-state index is 12.3. The number of piperidine rings is 1. The summed E-state index contributed by atoms with van der Waals surface area (Å²) in [4.78, 5) is 20.7. The summed E-state index contributed by atoms with van der Waals surface area (Å²) in [7, 11) is -3.64. The number of nitrogens with zero attached hydrogens (tertiary/aromatic N) is 2. The number of hydrogen-bond acceptors (Lipinski definition) is 5. The molecule has 108 valence electrons. The summed E-state index contributed by atoms with van der Waals surface area (Å²) in [6.07, 6.45) is 1.88. The van der Waals surface area contributed by atoms with Gasteiger partial charge in [-0.15, -0.1) is 0 Å². The highest BCUT2D eigenvalue weighted by Gasteiger charge is 2.29. The quantitative estimate of drug-likeness (QED) is 0.472. The molecule has 1 aromatic carbocycles. The molecule has 0 radical (unpaired) electrons. The Bertz CT molecular complexity index is 603. The van der Waals surface area contributed by atoms with Crippen molar-refractivity contribution in [3.8, 4) is 0 Å². The smallest absolute Gasteiger partial charge is 0.269 e. The number of non-ortho nitro benzene ring substituents is 1. The molecule has 0 amide bonds. The summed E-state index contributed by atoms with van der Waals surface area (Å²) in [5.41, 5.74) is -0.149. The van der Waals surface area contributed by atoms with Crippen molar-refractivity contribution in [3.05, 3.63) is 34.4 Å². The van der Waals surface area contributed by atoms with Crippen molar-refractivity contribution in [2.24, 2.45) is 5.92 Å². The molecule has 1 saturated heterocycles. The highest BCUT2D eigenvalue weighted by atomic mass is 32.2. The molecule has 0 spiro atoms. The lowest BCUT2D eigenvalue weighted by Gasteiger charge is -2.28. The molecule has 0 aromatic heterocycles. The summed E-state index contributed by atoms with van der Waals surface area (Å²) in [5, 5.41) is 10.5. The molecule has 20 heavy (non-hydrogen) atoms. The maximum Gasteiger partial charge on any atom is 0.269 e. The van der Waals surface area contributed by atoms with Gasteiger partial charge in [-0.3, -0.25) is 10.1 Å². The number of nitro groups is 1. The van der Waals surface area contributed by atoms with Crippen LogP contribution < -0.4 is 0 Å². The molecule has 0 atom stereocenters. The Labute approximate surface area is 116 Å². The van der Waals surface area contributed by atoms with Gasteiger partial charge in [0.1, 0.15) is 6.29 Å². The van der Waals surface area contributed by atoms with Crippen LogP contribution in [0.1, 0.15) is 12.8 Å². The Morgan fingerprint density at radius 1 is 1.20 bits per heavy atom. The van der Waals surface area contributed by atoms with E-state index in [4.69, 9.17) is 0 Å². The Morgan fingerprint density at radius 3 is 2.20 bits per heavy atom. The van der Waals surface area contributed by atoms with Crippen LogP contribution in [0, 0.1) is 16.0 Å². The van der Waals surface area contributed by atoms with Crippen molar-refractivity contribution in [2.75, 3.05) is 13.1 Å². The first-order valence-electron chi connectivity index (χ1n) is 6.15. The summed E-state index contributed by atoms with van der Waals surface area (Å²) in [6.45, 7) is 0.589. The van der Waals surface area contributed by atoms with Gasteiger partial charge in [0.15, 0.2) is 0 Å². The van der Waals surface area contributed by atoms with Gasteiger partial charge in [0.05, 0.1) is 9.82 Å². The minimum absolute atomic E-state index is 0.0349. The molecular weight excluding hydrogens is 284 g/mol. The Morgan fingerprint density at radius 2 is 1.75 bits per heavy atom. The van der Waals surface area contributed by atoms with E-state index in [1.165, 1.54) is 28.6 Å². The lowest BCUT2D eigenvalue weighted by molar-refractivity contribution is -0.384. The molecule has 1 aromatic rings. The van der Waals surface area contributed by atoms with Crippen LogP contribution in [0.2, 0.25) is 0 Å². The van der Waals surface area contributed by atoms with Crippen LogP contribution in [-0.2, 0) is 14.8 Å². The number of carbonyl (C=O) groups excluding carboxylic acids is 1. The van der Waals surface area contributed by atoms with Gasteiger partial charge < -0.3 is 4.79 Å². The van der Waals surface area contributed by atoms with Crippen LogP contribution in [-0.4, -0.2) is 37.0 Å². The Hall–Kier alpha value is -1.80. The zero-order valence-corrected chi connectivity index (χ0v) is 11.5. The SMILES string of the molecule is O=CC1CCN(S(=O)(=O)c2ccc([N+](=O)[O-])cc2)CC1. The number of rotatable bonds is 4. The van der Waals surface area contributed by atoms with Gasteiger partial charge in [-0.1, -0.05) is 0 Å². The number of carbonyl (C=O) groups is 1. The second-order valence-corrected chi connectivity index (χ2v) is 6.57. The monoisotopic (exact) mass is 298 g/mol. The lowest BCUT2D eigenvalue weighted by atomic mass is 10.0. The molecule has 2 rings (SSSR count). The molecule has 7 nitrogen and oxygen atoms in total. The number of aldehydes is 1. The van der Waals surface area contributed by atoms with Gasteiger partial charge in [-0.05, 0) is 25.0 Å². The molecule has 1 aliphatic rings. The Kier molecular flexibility index (Phi) is 4.15. The second-order valence-electron chi connectivity index (χ2n) is 4.63. The molecule has 1 heterocycles. The van der Waals surface area contributed by atoms with E-state index in [2.05, 4.69) is 0 Å². The minimum Gasteiger partial charge on any atom is -0.303 e. The summed E-state index contributed by atoms with van der Waals surface area (Å²) >= 11 is 0. The van der Waals surface area contributed by atoms with E-state index in [0.717, 1.165) is 6.29 Å². The number of hydrogen-bond donors (Lipinski definition) is 0. The van der Waals surface area contributed by atoms with Crippen LogP contribution in [0.15, 0.2) is 29.2 Å². The van der Waals surface area contributed by atoms with Crippen LogP contribution in [0.25, 0.3) is 0 Å². The first-order valence-corrected chi connectivity index (χ1v) is 7.59. The first kappa shape index (κ1) is 14.6. The standard InChI is InChI=1S/C12H14N2O5S/c15-9-10-5-7-13(8-6-10)20(18,19)12-3-1-11(2-4-12)14(16)17/h1-4,9-10H,5-8H2. The molecule has 1 aliphatic heterocycles. The fourth-order valence-electron chi connectivity index (χ4n) is 2.14. The summed E-state index contributed by atoms with van der Waals surface area (Å²) < 4.78 is 26.0. The van der Waals surface area contributed by atoms with Crippen LogP contribution >= 0.6 is 0 Å². The van der Waals surface area contributed by atoms with E-state index in [9.17, 15) is 23.3 Å². The van der Waals surface area contributed by atoms with Gasteiger partial charge in [0.2, 0.25) is 10.0 Å². The highest BCUT2D eigenvalue weighted by Crippen LogP contribution is 2.24. The maximum absolute atomic E-state index is 12.3. The molecule has 0 N–H and O–H groups in total. The fraction of sp³-hybridized carbons (Fsp3) is 0.417. The third kappa shape index (κ3) is 2.86. The minimum atomic E-state index is -3.64. The van der Waals surface area contributed by atoms with Crippen molar-refractivity contribution in [3.63, 3.8) is 0 Å². The van der Waals surface area contributed by atoms with Gasteiger partial charge in [-0.2, -0.15) is 4.31 Å². The molecule has 0 unspecified atom stereocenters. The molecular formula is C12H14N2O5S. The van der Waals surface area contributed by atoms with E-state index >= 15 is 0 Å². The van der Waals surface area contributed by atoms with Crippen LogP contribution in [0.5, 0.6) is 0 Å². The normalized spacial score (nSPS) is 17.8. The lowest BCUT2D eigenvalue weighted by Crippen LogP contribution is -2.38. The van der Waals surface area contributed by atoms with E-state index in [1.54, 1.807) is 0 Å². The van der Waals surface area contributed by atoms with Gasteiger partial charge in [0, 0.05) is 31.1 Å². The van der Waals surface area contributed by atoms with Gasteiger partial charge >= 0.3 is 0 Å². The van der Waals surface area contributed by atoms with Crippen molar-refractivity contribution in [2.45, 2.75) is 17.7 Å². The zero-order valence-electron chi connectivity index (χ0n) is 10.6. The van der Waals surface area contributed by atoms with Gasteiger partial charge in [-0.25, -0.2) is 8.42 Å². The highest BCUT2D eigenvalue weighted by molar-refractivity contribution is 7.89. The van der Waals surface area contributed by atoms with Crippen molar-refractivity contribution in [1.82, 2.24) is 4.31 Å².